The minimum absolute atomic E-state index is 0.0101. The summed E-state index contributed by atoms with van der Waals surface area (Å²) in [5, 5.41) is 3.71. The summed E-state index contributed by atoms with van der Waals surface area (Å²) in [5.74, 6) is 5.92. The van der Waals surface area contributed by atoms with Gasteiger partial charge in [-0.05, 0) is 28.9 Å². The number of nitrogens with zero attached hydrogens (tertiary/aromatic N) is 2. The van der Waals surface area contributed by atoms with Crippen molar-refractivity contribution in [3.63, 3.8) is 0 Å². The third-order valence-corrected chi connectivity index (χ3v) is 4.21. The second-order valence-corrected chi connectivity index (χ2v) is 6.55. The lowest BCUT2D eigenvalue weighted by Gasteiger charge is -2.09. The Bertz CT molecular complexity index is 715. The molecule has 0 amide bonds. The van der Waals surface area contributed by atoms with Gasteiger partial charge in [-0.15, -0.1) is 0 Å². The van der Waals surface area contributed by atoms with Crippen LogP contribution in [0.3, 0.4) is 0 Å². The maximum atomic E-state index is 12.2. The monoisotopic (exact) mass is 361 g/mol. The Balaban J connectivity index is 2.24. The lowest BCUT2D eigenvalue weighted by Crippen LogP contribution is -2.25. The highest BCUT2D eigenvalue weighted by Gasteiger charge is 2.20. The lowest BCUT2D eigenvalue weighted by molar-refractivity contribution is 0.390. The molecule has 0 radical (unpaired) electrons. The normalized spacial score (nSPS) is 11.6. The molecule has 10 heteroatoms. The summed E-state index contributed by atoms with van der Waals surface area (Å²) in [6, 6.07) is 3.04. The lowest BCUT2D eigenvalue weighted by atomic mass is 10.4. The fraction of sp³-hybridized carbons (Fsp3) is 0.200. The Kier molecular flexibility index (Phi) is 4.38. The van der Waals surface area contributed by atoms with Crippen molar-refractivity contribution in [3.05, 3.63) is 34.3 Å². The zero-order valence-corrected chi connectivity index (χ0v) is 12.8. The van der Waals surface area contributed by atoms with E-state index in [4.69, 9.17) is 10.4 Å². The molecule has 0 unspecified atom stereocenters. The zero-order chi connectivity index (χ0) is 14.8. The van der Waals surface area contributed by atoms with Gasteiger partial charge in [0.1, 0.15) is 10.7 Å². The third kappa shape index (κ3) is 3.33. The Morgan fingerprint density at radius 2 is 2.20 bits per heavy atom. The fourth-order valence-electron chi connectivity index (χ4n) is 1.48. The summed E-state index contributed by atoms with van der Waals surface area (Å²) in [7, 11) is -3.78. The van der Waals surface area contributed by atoms with E-state index in [9.17, 15) is 8.42 Å². The first-order chi connectivity index (χ1) is 9.42. The maximum Gasteiger partial charge on any atom is 0.244 e. The van der Waals surface area contributed by atoms with Crippen LogP contribution >= 0.6 is 15.9 Å². The number of nitrogens with one attached hydrogen (secondary N) is 2. The predicted molar refractivity (Wildman–Crippen MR) is 75.0 cm³/mol. The van der Waals surface area contributed by atoms with E-state index in [1.54, 1.807) is 13.0 Å². The van der Waals surface area contributed by atoms with Crippen LogP contribution in [-0.4, -0.2) is 18.6 Å². The van der Waals surface area contributed by atoms with Gasteiger partial charge in [-0.3, -0.25) is 0 Å². The Morgan fingerprint density at radius 3 is 2.80 bits per heavy atom. The molecule has 0 aliphatic heterocycles. The first-order valence-electron chi connectivity index (χ1n) is 5.46. The number of aryl methyl sites for hydroxylation is 1. The summed E-state index contributed by atoms with van der Waals surface area (Å²) < 4.78 is 32.2. The van der Waals surface area contributed by atoms with Crippen molar-refractivity contribution in [2.45, 2.75) is 18.4 Å². The SMILES string of the molecule is Cc1cc(CNS(=O)(=O)c2cc(Br)cnc2NN)no1. The molecule has 20 heavy (non-hydrogen) atoms. The number of nitrogens with two attached hydrogens (primary N) is 1. The molecule has 2 aromatic rings. The van der Waals surface area contributed by atoms with Gasteiger partial charge in [0, 0.05) is 16.7 Å². The summed E-state index contributed by atoms with van der Waals surface area (Å²) in [6.45, 7) is 1.73. The Hall–Kier alpha value is -1.49. The van der Waals surface area contributed by atoms with Crippen molar-refractivity contribution in [1.82, 2.24) is 14.9 Å². The summed E-state index contributed by atoms with van der Waals surface area (Å²) in [4.78, 5) is 3.83. The van der Waals surface area contributed by atoms with Crippen LogP contribution in [0.25, 0.3) is 0 Å². The second kappa shape index (κ2) is 5.87. The number of rotatable bonds is 5. The van der Waals surface area contributed by atoms with Gasteiger partial charge < -0.3 is 9.95 Å². The van der Waals surface area contributed by atoms with Gasteiger partial charge in [0.25, 0.3) is 0 Å². The molecule has 0 atom stereocenters. The molecule has 2 heterocycles. The van der Waals surface area contributed by atoms with Crippen molar-refractivity contribution in [2.75, 3.05) is 5.43 Å². The van der Waals surface area contributed by atoms with E-state index in [2.05, 4.69) is 36.2 Å². The average Bonchev–Trinajstić information content (AvgIpc) is 2.82. The van der Waals surface area contributed by atoms with Gasteiger partial charge in [-0.2, -0.15) is 0 Å². The van der Waals surface area contributed by atoms with E-state index in [-0.39, 0.29) is 17.3 Å². The van der Waals surface area contributed by atoms with Gasteiger partial charge in [0.2, 0.25) is 10.0 Å². The molecule has 2 aromatic heterocycles. The molecule has 0 aliphatic rings. The van der Waals surface area contributed by atoms with E-state index in [1.165, 1.54) is 12.3 Å². The number of hydrogen-bond donors (Lipinski definition) is 3. The number of aromatic nitrogens is 2. The largest absolute Gasteiger partial charge is 0.361 e. The molecular weight excluding hydrogens is 350 g/mol. The van der Waals surface area contributed by atoms with Gasteiger partial charge in [0.05, 0.1) is 12.2 Å². The minimum Gasteiger partial charge on any atom is -0.361 e. The number of hydrogen-bond acceptors (Lipinski definition) is 7. The van der Waals surface area contributed by atoms with Crippen molar-refractivity contribution < 1.29 is 12.9 Å². The first kappa shape index (κ1) is 14.9. The number of anilines is 1. The number of hydrazine groups is 1. The summed E-state index contributed by atoms with van der Waals surface area (Å²) in [5.41, 5.74) is 2.73. The Labute approximate surface area is 123 Å². The van der Waals surface area contributed by atoms with E-state index >= 15 is 0 Å². The van der Waals surface area contributed by atoms with Crippen LogP contribution in [0, 0.1) is 6.92 Å². The van der Waals surface area contributed by atoms with E-state index in [1.807, 2.05) is 0 Å². The van der Waals surface area contributed by atoms with Crippen molar-refractivity contribution >= 4 is 31.8 Å². The van der Waals surface area contributed by atoms with Crippen LogP contribution in [0.2, 0.25) is 0 Å². The molecule has 0 saturated carbocycles. The van der Waals surface area contributed by atoms with Gasteiger partial charge >= 0.3 is 0 Å². The number of nitrogen functional groups attached to an aromatic ring is 1. The van der Waals surface area contributed by atoms with Crippen LogP contribution in [-0.2, 0) is 16.6 Å². The van der Waals surface area contributed by atoms with Crippen molar-refractivity contribution in [2.24, 2.45) is 5.84 Å². The minimum atomic E-state index is -3.78. The second-order valence-electron chi connectivity index (χ2n) is 3.90. The van der Waals surface area contributed by atoms with E-state index < -0.39 is 10.0 Å². The molecule has 108 valence electrons. The maximum absolute atomic E-state index is 12.2. The van der Waals surface area contributed by atoms with Crippen LogP contribution in [0.5, 0.6) is 0 Å². The fourth-order valence-corrected chi connectivity index (χ4v) is 3.11. The molecule has 0 aliphatic carbocycles. The van der Waals surface area contributed by atoms with E-state index in [0.717, 1.165) is 0 Å². The standard InChI is InChI=1S/C10H12BrN5O3S/c1-6-2-8(16-19-6)5-14-20(17,18)9-3-7(11)4-13-10(9)15-12/h2-4,14H,5,12H2,1H3,(H,13,15). The average molecular weight is 362 g/mol. The highest BCUT2D eigenvalue weighted by Crippen LogP contribution is 2.22. The van der Waals surface area contributed by atoms with Crippen LogP contribution in [0.4, 0.5) is 5.82 Å². The van der Waals surface area contributed by atoms with Crippen LogP contribution < -0.4 is 16.0 Å². The zero-order valence-electron chi connectivity index (χ0n) is 10.4. The third-order valence-electron chi connectivity index (χ3n) is 2.37. The molecule has 0 spiro atoms. The molecule has 4 N–H and O–H groups in total. The van der Waals surface area contributed by atoms with Gasteiger partial charge in [0.15, 0.2) is 5.82 Å². The number of sulfonamides is 1. The summed E-state index contributed by atoms with van der Waals surface area (Å²) >= 11 is 3.17. The highest BCUT2D eigenvalue weighted by atomic mass is 79.9. The van der Waals surface area contributed by atoms with Crippen LogP contribution in [0.1, 0.15) is 11.5 Å². The number of pyridine rings is 1. The first-order valence-corrected chi connectivity index (χ1v) is 7.74. The number of halogens is 1. The molecule has 8 nitrogen and oxygen atoms in total. The molecule has 2 rings (SSSR count). The van der Waals surface area contributed by atoms with Gasteiger partial charge in [-0.1, -0.05) is 5.16 Å². The smallest absolute Gasteiger partial charge is 0.244 e. The van der Waals surface area contributed by atoms with Gasteiger partial charge in [-0.25, -0.2) is 24.0 Å². The molecule has 0 fully saturated rings. The quantitative estimate of drug-likeness (QED) is 0.533. The summed E-state index contributed by atoms with van der Waals surface area (Å²) in [6.07, 6.45) is 1.44. The topological polar surface area (TPSA) is 123 Å². The molecule has 0 bridgehead atoms. The molecule has 0 saturated heterocycles. The van der Waals surface area contributed by atoms with Crippen molar-refractivity contribution in [3.8, 4) is 0 Å². The van der Waals surface area contributed by atoms with Crippen molar-refractivity contribution in [1.29, 1.82) is 0 Å². The predicted octanol–water partition coefficient (Wildman–Crippen LogP) is 0.905. The molecular formula is C10H12BrN5O3S. The van der Waals surface area contributed by atoms with E-state index in [0.29, 0.717) is 15.9 Å². The Morgan fingerprint density at radius 1 is 1.45 bits per heavy atom. The molecule has 0 aromatic carbocycles. The van der Waals surface area contributed by atoms with Crippen LogP contribution in [0.15, 0.2) is 32.2 Å². The highest BCUT2D eigenvalue weighted by molar-refractivity contribution is 9.10.